The van der Waals surface area contributed by atoms with Crippen LogP contribution in [0, 0.1) is 0 Å². The van der Waals surface area contributed by atoms with Gasteiger partial charge < -0.3 is 5.11 Å². The lowest BCUT2D eigenvalue weighted by atomic mass is 10.1. The summed E-state index contributed by atoms with van der Waals surface area (Å²) in [5.41, 5.74) is 1.87. The summed E-state index contributed by atoms with van der Waals surface area (Å²) in [5.74, 6) is 1.01. The van der Waals surface area contributed by atoms with Crippen LogP contribution in [0.4, 0.5) is 0 Å². The molecule has 0 bridgehead atoms. The number of hydrogen-bond donors (Lipinski definition) is 1. The molecule has 0 aliphatic rings. The summed E-state index contributed by atoms with van der Waals surface area (Å²) >= 11 is 3.44. The van der Waals surface area contributed by atoms with Crippen LogP contribution in [0.25, 0.3) is 5.65 Å². The second kappa shape index (κ2) is 4.42. The third-order valence-corrected chi connectivity index (χ3v) is 3.20. The van der Waals surface area contributed by atoms with E-state index in [1.54, 1.807) is 22.7 Å². The Bertz CT molecular complexity index is 708. The molecule has 0 atom stereocenters. The fraction of sp³-hybridized carbons (Fsp3) is 0.0769. The normalized spacial score (nSPS) is 10.9. The minimum Gasteiger partial charge on any atom is -0.506 e. The molecule has 3 aromatic rings. The predicted octanol–water partition coefficient (Wildman–Crippen LogP) is 2.79. The molecule has 0 radical (unpaired) electrons. The average molecular weight is 304 g/mol. The van der Waals surface area contributed by atoms with Crippen LogP contribution in [0.1, 0.15) is 11.4 Å². The van der Waals surface area contributed by atoms with Crippen molar-refractivity contribution in [2.24, 2.45) is 0 Å². The van der Waals surface area contributed by atoms with Gasteiger partial charge in [0.15, 0.2) is 5.65 Å². The molecule has 90 valence electrons. The summed E-state index contributed by atoms with van der Waals surface area (Å²) in [7, 11) is 0. The summed E-state index contributed by atoms with van der Waals surface area (Å²) < 4.78 is 2.84. The Balaban J connectivity index is 2.02. The Kier molecular flexibility index (Phi) is 2.76. The van der Waals surface area contributed by atoms with E-state index in [9.17, 15) is 5.11 Å². The highest BCUT2D eigenvalue weighted by molar-refractivity contribution is 9.10. The zero-order valence-corrected chi connectivity index (χ0v) is 11.0. The highest BCUT2D eigenvalue weighted by Crippen LogP contribution is 2.16. The van der Waals surface area contributed by atoms with E-state index in [1.807, 2.05) is 24.3 Å². The summed E-state index contributed by atoms with van der Waals surface area (Å²) in [6, 6.07) is 11.4. The second-order valence-electron chi connectivity index (χ2n) is 4.04. The van der Waals surface area contributed by atoms with Crippen molar-refractivity contribution in [3.05, 3.63) is 58.5 Å². The number of rotatable bonds is 2. The van der Waals surface area contributed by atoms with Gasteiger partial charge in [-0.25, -0.2) is 0 Å². The number of nitrogens with zero attached hydrogens (tertiary/aromatic N) is 3. The molecule has 0 amide bonds. The highest BCUT2D eigenvalue weighted by Gasteiger charge is 2.07. The van der Waals surface area contributed by atoms with E-state index in [1.165, 1.54) is 0 Å². The summed E-state index contributed by atoms with van der Waals surface area (Å²) in [6.07, 6.45) is 2.30. The van der Waals surface area contributed by atoms with Gasteiger partial charge in [0.25, 0.3) is 0 Å². The maximum Gasteiger partial charge on any atom is 0.161 e. The molecule has 2 heterocycles. The lowest BCUT2D eigenvalue weighted by molar-refractivity contribution is 0.471. The molecule has 3 rings (SSSR count). The number of aromatic hydroxyl groups is 1. The maximum absolute atomic E-state index is 9.50. The van der Waals surface area contributed by atoms with Gasteiger partial charge >= 0.3 is 0 Å². The standard InChI is InChI=1S/C13H10BrN3O/c14-10-3-1-2-9(6-10)7-13-16-15-12-5-4-11(18)8-17(12)13/h1-6,8,18H,7H2. The molecule has 2 aromatic heterocycles. The van der Waals surface area contributed by atoms with Gasteiger partial charge in [0.2, 0.25) is 0 Å². The predicted molar refractivity (Wildman–Crippen MR) is 71.6 cm³/mol. The summed E-state index contributed by atoms with van der Waals surface area (Å²) in [5, 5.41) is 17.7. The Labute approximate surface area is 112 Å². The van der Waals surface area contributed by atoms with Crippen molar-refractivity contribution in [1.82, 2.24) is 14.6 Å². The molecule has 0 aliphatic heterocycles. The number of benzene rings is 1. The van der Waals surface area contributed by atoms with Crippen molar-refractivity contribution >= 4 is 21.6 Å². The van der Waals surface area contributed by atoms with Gasteiger partial charge in [-0.1, -0.05) is 28.1 Å². The first-order valence-electron chi connectivity index (χ1n) is 5.49. The van der Waals surface area contributed by atoms with E-state index in [-0.39, 0.29) is 5.75 Å². The third kappa shape index (κ3) is 2.09. The molecule has 1 aromatic carbocycles. The lowest BCUT2D eigenvalue weighted by Gasteiger charge is -2.01. The first-order valence-corrected chi connectivity index (χ1v) is 6.29. The molecule has 0 unspecified atom stereocenters. The van der Waals surface area contributed by atoms with E-state index in [0.717, 1.165) is 21.5 Å². The summed E-state index contributed by atoms with van der Waals surface area (Å²) in [4.78, 5) is 0. The average Bonchev–Trinajstić information content (AvgIpc) is 2.72. The van der Waals surface area contributed by atoms with Gasteiger partial charge in [0, 0.05) is 10.9 Å². The van der Waals surface area contributed by atoms with Crippen LogP contribution in [0.5, 0.6) is 5.75 Å². The zero-order chi connectivity index (χ0) is 12.5. The lowest BCUT2D eigenvalue weighted by Crippen LogP contribution is -1.96. The fourth-order valence-electron chi connectivity index (χ4n) is 1.88. The fourth-order valence-corrected chi connectivity index (χ4v) is 2.32. The molecule has 4 nitrogen and oxygen atoms in total. The Morgan fingerprint density at radius 1 is 1.17 bits per heavy atom. The van der Waals surface area contributed by atoms with Gasteiger partial charge in [-0.05, 0) is 29.8 Å². The molecule has 0 spiro atoms. The molecule has 0 fully saturated rings. The molecular formula is C13H10BrN3O. The number of fused-ring (bicyclic) bond motifs is 1. The van der Waals surface area contributed by atoms with E-state index in [2.05, 4.69) is 26.1 Å². The van der Waals surface area contributed by atoms with Crippen molar-refractivity contribution in [2.45, 2.75) is 6.42 Å². The van der Waals surface area contributed by atoms with Crippen LogP contribution in [0.2, 0.25) is 0 Å². The van der Waals surface area contributed by atoms with E-state index >= 15 is 0 Å². The summed E-state index contributed by atoms with van der Waals surface area (Å²) in [6.45, 7) is 0. The highest BCUT2D eigenvalue weighted by atomic mass is 79.9. The largest absolute Gasteiger partial charge is 0.506 e. The van der Waals surface area contributed by atoms with Gasteiger partial charge in [-0.3, -0.25) is 4.40 Å². The van der Waals surface area contributed by atoms with E-state index < -0.39 is 0 Å². The first kappa shape index (κ1) is 11.2. The molecule has 1 N–H and O–H groups in total. The van der Waals surface area contributed by atoms with Crippen LogP contribution in [0.3, 0.4) is 0 Å². The number of aromatic nitrogens is 3. The molecule has 18 heavy (non-hydrogen) atoms. The molecule has 5 heteroatoms. The van der Waals surface area contributed by atoms with Crippen molar-refractivity contribution < 1.29 is 5.11 Å². The Morgan fingerprint density at radius 3 is 2.89 bits per heavy atom. The van der Waals surface area contributed by atoms with Gasteiger partial charge in [0.05, 0.1) is 6.20 Å². The number of pyridine rings is 1. The van der Waals surface area contributed by atoms with Crippen molar-refractivity contribution in [3.8, 4) is 5.75 Å². The van der Waals surface area contributed by atoms with Crippen LogP contribution >= 0.6 is 15.9 Å². The SMILES string of the molecule is Oc1ccc2nnc(Cc3cccc(Br)c3)n2c1. The van der Waals surface area contributed by atoms with Gasteiger partial charge in [0.1, 0.15) is 11.6 Å². The third-order valence-electron chi connectivity index (χ3n) is 2.71. The van der Waals surface area contributed by atoms with Crippen LogP contribution < -0.4 is 0 Å². The molecule has 0 saturated carbocycles. The van der Waals surface area contributed by atoms with Gasteiger partial charge in [-0.15, -0.1) is 10.2 Å². The Morgan fingerprint density at radius 2 is 2.06 bits per heavy atom. The van der Waals surface area contributed by atoms with Gasteiger partial charge in [-0.2, -0.15) is 0 Å². The molecule has 0 saturated heterocycles. The van der Waals surface area contributed by atoms with Crippen molar-refractivity contribution in [3.63, 3.8) is 0 Å². The van der Waals surface area contributed by atoms with Crippen LogP contribution in [0.15, 0.2) is 47.1 Å². The van der Waals surface area contributed by atoms with E-state index in [0.29, 0.717) is 6.42 Å². The number of halogens is 1. The quantitative estimate of drug-likeness (QED) is 0.792. The zero-order valence-electron chi connectivity index (χ0n) is 9.42. The number of hydrogen-bond acceptors (Lipinski definition) is 3. The van der Waals surface area contributed by atoms with E-state index in [4.69, 9.17) is 0 Å². The van der Waals surface area contributed by atoms with Crippen LogP contribution in [-0.4, -0.2) is 19.7 Å². The minimum atomic E-state index is 0.206. The van der Waals surface area contributed by atoms with Crippen molar-refractivity contribution in [1.29, 1.82) is 0 Å². The molecule has 0 aliphatic carbocycles. The monoisotopic (exact) mass is 303 g/mol. The second-order valence-corrected chi connectivity index (χ2v) is 4.95. The Hall–Kier alpha value is -1.88. The van der Waals surface area contributed by atoms with Crippen molar-refractivity contribution in [2.75, 3.05) is 0 Å². The minimum absolute atomic E-state index is 0.206. The molecular weight excluding hydrogens is 294 g/mol. The maximum atomic E-state index is 9.50. The first-order chi connectivity index (χ1) is 8.72. The smallest absolute Gasteiger partial charge is 0.161 e. The van der Waals surface area contributed by atoms with Crippen LogP contribution in [-0.2, 0) is 6.42 Å². The topological polar surface area (TPSA) is 50.4 Å².